The Balaban J connectivity index is 2.38. The van der Waals surface area contributed by atoms with Crippen LogP contribution in [0.4, 0.5) is 5.69 Å². The van der Waals surface area contributed by atoms with E-state index in [0.29, 0.717) is 9.75 Å². The molecule has 112 valence electrons. The van der Waals surface area contributed by atoms with Crippen molar-refractivity contribution in [3.63, 3.8) is 0 Å². The van der Waals surface area contributed by atoms with Crippen molar-refractivity contribution < 1.29 is 14.3 Å². The van der Waals surface area contributed by atoms with E-state index in [-0.39, 0.29) is 22.0 Å². The Kier molecular flexibility index (Phi) is 4.65. The molecule has 0 aliphatic carbocycles. The minimum absolute atomic E-state index is 0.0641. The normalized spacial score (nSPS) is 9.86. The predicted molar refractivity (Wildman–Crippen MR) is 83.5 cm³/mol. The van der Waals surface area contributed by atoms with Crippen LogP contribution in [0.3, 0.4) is 0 Å². The minimum atomic E-state index is -0.724. The van der Waals surface area contributed by atoms with Gasteiger partial charge in [-0.05, 0) is 24.3 Å². The largest absolute Gasteiger partial charge is 0.494 e. The number of carbonyl (C=O) groups excluding carboxylic acids is 2. The summed E-state index contributed by atoms with van der Waals surface area (Å²) in [4.78, 5) is 24.4. The van der Waals surface area contributed by atoms with Crippen molar-refractivity contribution in [2.24, 2.45) is 5.73 Å². The topological polar surface area (TPSA) is 105 Å². The lowest BCUT2D eigenvalue weighted by Crippen LogP contribution is -2.16. The molecule has 0 aliphatic heterocycles. The molecule has 8 heteroatoms. The number of hydrogen-bond acceptors (Lipinski definition) is 5. The highest BCUT2D eigenvalue weighted by atomic mass is 35.5. The van der Waals surface area contributed by atoms with E-state index in [2.05, 4.69) is 5.32 Å². The van der Waals surface area contributed by atoms with Crippen LogP contribution in [0.1, 0.15) is 24.9 Å². The second-order valence-electron chi connectivity index (χ2n) is 4.13. The van der Waals surface area contributed by atoms with Crippen LogP contribution in [0, 0.1) is 11.3 Å². The average Bonchev–Trinajstić information content (AvgIpc) is 2.95. The van der Waals surface area contributed by atoms with E-state index >= 15 is 0 Å². The quantitative estimate of drug-likeness (QED) is 0.895. The molecule has 0 atom stereocenters. The molecule has 0 saturated heterocycles. The Morgan fingerprint density at radius 2 is 2.14 bits per heavy atom. The number of anilines is 1. The third kappa shape index (κ3) is 3.19. The first-order chi connectivity index (χ1) is 10.5. The molecule has 2 rings (SSSR count). The van der Waals surface area contributed by atoms with E-state index in [1.807, 2.05) is 6.07 Å². The SMILES string of the molecule is COc1c(NC(=O)c2ccc(C#N)s2)cc(Cl)cc1C(N)=O. The molecule has 1 aromatic heterocycles. The van der Waals surface area contributed by atoms with Crippen molar-refractivity contribution >= 4 is 40.4 Å². The molecule has 0 aliphatic rings. The molecule has 22 heavy (non-hydrogen) atoms. The number of hydrogen-bond donors (Lipinski definition) is 2. The summed E-state index contributed by atoms with van der Waals surface area (Å²) in [6.45, 7) is 0. The van der Waals surface area contributed by atoms with Crippen LogP contribution in [-0.2, 0) is 0 Å². The molecule has 0 unspecified atom stereocenters. The first-order valence-electron chi connectivity index (χ1n) is 5.95. The van der Waals surface area contributed by atoms with Crippen LogP contribution in [0.5, 0.6) is 5.75 Å². The first-order valence-corrected chi connectivity index (χ1v) is 7.14. The maximum atomic E-state index is 12.2. The molecule has 1 aromatic carbocycles. The molecule has 3 N–H and O–H groups in total. The van der Waals surface area contributed by atoms with Crippen LogP contribution in [0.15, 0.2) is 24.3 Å². The van der Waals surface area contributed by atoms with Crippen LogP contribution in [0.25, 0.3) is 0 Å². The average molecular weight is 336 g/mol. The number of halogens is 1. The van der Waals surface area contributed by atoms with Gasteiger partial charge in [0.1, 0.15) is 10.9 Å². The van der Waals surface area contributed by atoms with Crippen LogP contribution >= 0.6 is 22.9 Å². The number of amides is 2. The number of nitrogens with zero attached hydrogens (tertiary/aromatic N) is 1. The maximum absolute atomic E-state index is 12.2. The van der Waals surface area contributed by atoms with Gasteiger partial charge in [-0.3, -0.25) is 9.59 Å². The number of ether oxygens (including phenoxy) is 1. The molecule has 0 spiro atoms. The third-order valence-electron chi connectivity index (χ3n) is 2.71. The maximum Gasteiger partial charge on any atom is 0.265 e. The number of nitrogens with two attached hydrogens (primary N) is 1. The smallest absolute Gasteiger partial charge is 0.265 e. The number of benzene rings is 1. The second-order valence-corrected chi connectivity index (χ2v) is 5.65. The minimum Gasteiger partial charge on any atom is -0.494 e. The molecule has 0 saturated carbocycles. The van der Waals surface area contributed by atoms with E-state index in [0.717, 1.165) is 11.3 Å². The van der Waals surface area contributed by atoms with E-state index in [1.165, 1.54) is 25.3 Å². The number of carbonyl (C=O) groups is 2. The molecular weight excluding hydrogens is 326 g/mol. The zero-order chi connectivity index (χ0) is 16.3. The van der Waals surface area contributed by atoms with Crippen molar-refractivity contribution in [2.45, 2.75) is 0 Å². The third-order valence-corrected chi connectivity index (χ3v) is 3.92. The Morgan fingerprint density at radius 3 is 2.68 bits per heavy atom. The van der Waals surface area contributed by atoms with Crippen LogP contribution in [0.2, 0.25) is 5.02 Å². The predicted octanol–water partition coefficient (Wildman–Crippen LogP) is 2.63. The van der Waals surface area contributed by atoms with E-state index in [4.69, 9.17) is 27.3 Å². The van der Waals surface area contributed by atoms with Crippen LogP contribution in [-0.4, -0.2) is 18.9 Å². The molecule has 0 fully saturated rings. The number of nitrogens with one attached hydrogen (secondary N) is 1. The fourth-order valence-electron chi connectivity index (χ4n) is 1.79. The highest BCUT2D eigenvalue weighted by Gasteiger charge is 2.18. The summed E-state index contributed by atoms with van der Waals surface area (Å²) >= 11 is 6.97. The summed E-state index contributed by atoms with van der Waals surface area (Å²) in [6, 6.07) is 7.84. The van der Waals surface area contributed by atoms with Crippen molar-refractivity contribution in [1.29, 1.82) is 5.26 Å². The summed E-state index contributed by atoms with van der Waals surface area (Å²) in [7, 11) is 1.35. The number of nitriles is 1. The number of primary amides is 1. The number of thiophene rings is 1. The number of methoxy groups -OCH3 is 1. The van der Waals surface area contributed by atoms with Gasteiger partial charge >= 0.3 is 0 Å². The van der Waals surface area contributed by atoms with Crippen molar-refractivity contribution in [1.82, 2.24) is 0 Å². The fraction of sp³-hybridized carbons (Fsp3) is 0.0714. The monoisotopic (exact) mass is 335 g/mol. The molecule has 0 bridgehead atoms. The van der Waals surface area contributed by atoms with Gasteiger partial charge in [0.2, 0.25) is 0 Å². The van der Waals surface area contributed by atoms with Gasteiger partial charge in [-0.25, -0.2) is 0 Å². The molecule has 6 nitrogen and oxygen atoms in total. The highest BCUT2D eigenvalue weighted by Crippen LogP contribution is 2.33. The summed E-state index contributed by atoms with van der Waals surface area (Å²) in [6.07, 6.45) is 0. The lowest BCUT2D eigenvalue weighted by Gasteiger charge is -2.13. The first kappa shape index (κ1) is 15.8. The highest BCUT2D eigenvalue weighted by molar-refractivity contribution is 7.14. The number of rotatable bonds is 4. The van der Waals surface area contributed by atoms with Gasteiger partial charge in [0.25, 0.3) is 11.8 Å². The summed E-state index contributed by atoms with van der Waals surface area (Å²) in [5, 5.41) is 11.6. The Bertz CT molecular complexity index is 795. The van der Waals surface area contributed by atoms with Gasteiger partial charge < -0.3 is 15.8 Å². The zero-order valence-electron chi connectivity index (χ0n) is 11.3. The Labute approximate surface area is 135 Å². The van der Waals surface area contributed by atoms with E-state index < -0.39 is 11.8 Å². The van der Waals surface area contributed by atoms with Gasteiger partial charge in [-0.15, -0.1) is 11.3 Å². The van der Waals surface area contributed by atoms with Gasteiger partial charge in [0.05, 0.1) is 23.2 Å². The summed E-state index contributed by atoms with van der Waals surface area (Å²) in [5.74, 6) is -1.04. The van der Waals surface area contributed by atoms with Crippen LogP contribution < -0.4 is 15.8 Å². The molecule has 2 amide bonds. The van der Waals surface area contributed by atoms with E-state index in [9.17, 15) is 9.59 Å². The fourth-order valence-corrected chi connectivity index (χ4v) is 2.71. The van der Waals surface area contributed by atoms with Gasteiger partial charge in [0.15, 0.2) is 5.75 Å². The lowest BCUT2D eigenvalue weighted by atomic mass is 10.1. The Morgan fingerprint density at radius 1 is 1.41 bits per heavy atom. The molecule has 1 heterocycles. The summed E-state index contributed by atoms with van der Waals surface area (Å²) in [5.41, 5.74) is 5.55. The van der Waals surface area contributed by atoms with E-state index in [1.54, 1.807) is 6.07 Å². The molecule has 0 radical (unpaired) electrons. The van der Waals surface area contributed by atoms with Gasteiger partial charge in [-0.1, -0.05) is 11.6 Å². The second kappa shape index (κ2) is 6.47. The van der Waals surface area contributed by atoms with Crippen molar-refractivity contribution in [3.05, 3.63) is 44.6 Å². The summed E-state index contributed by atoms with van der Waals surface area (Å²) < 4.78 is 5.13. The van der Waals surface area contributed by atoms with Crippen molar-refractivity contribution in [3.8, 4) is 11.8 Å². The Hall–Kier alpha value is -2.56. The molecular formula is C14H10ClN3O3S. The molecule has 2 aromatic rings. The van der Waals surface area contributed by atoms with Gasteiger partial charge in [-0.2, -0.15) is 5.26 Å². The zero-order valence-corrected chi connectivity index (χ0v) is 12.9. The van der Waals surface area contributed by atoms with Crippen molar-refractivity contribution in [2.75, 3.05) is 12.4 Å². The van der Waals surface area contributed by atoms with Gasteiger partial charge in [0, 0.05) is 5.02 Å². The standard InChI is InChI=1S/C14H10ClN3O3S/c1-21-12-9(13(17)19)4-7(15)5-10(12)18-14(20)11-3-2-8(6-16)22-11/h2-5H,1H3,(H2,17,19)(H,18,20). The lowest BCUT2D eigenvalue weighted by molar-refractivity contribution is 0.0993.